The van der Waals surface area contributed by atoms with E-state index in [4.69, 9.17) is 10.5 Å². The molecule has 0 radical (unpaired) electrons. The van der Waals surface area contributed by atoms with Gasteiger partial charge in [-0.3, -0.25) is 0 Å². The van der Waals surface area contributed by atoms with Crippen molar-refractivity contribution in [3.05, 3.63) is 60.2 Å². The van der Waals surface area contributed by atoms with Gasteiger partial charge in [0.2, 0.25) is 0 Å². The number of unbranched alkanes of at least 4 members (excludes halogenated alkanes) is 1. The lowest BCUT2D eigenvalue weighted by molar-refractivity contribution is 0.0333. The number of nitrogens with zero attached hydrogens (tertiary/aromatic N) is 1. The van der Waals surface area contributed by atoms with E-state index in [0.29, 0.717) is 26.0 Å². The van der Waals surface area contributed by atoms with Crippen molar-refractivity contribution < 1.29 is 14.6 Å². The van der Waals surface area contributed by atoms with Crippen LogP contribution in [0.25, 0.3) is 11.1 Å². The van der Waals surface area contributed by atoms with Crippen LogP contribution in [-0.2, 0) is 11.2 Å². The number of aliphatic hydroxyl groups is 1. The first-order chi connectivity index (χ1) is 14.6. The molecular formula is C25H34N2O3. The smallest absolute Gasteiger partial charge is 0.410 e. The topological polar surface area (TPSA) is 75.8 Å². The Balaban J connectivity index is 1.85. The van der Waals surface area contributed by atoms with Crippen molar-refractivity contribution in [1.29, 1.82) is 0 Å². The van der Waals surface area contributed by atoms with Crippen molar-refractivity contribution in [2.75, 3.05) is 19.8 Å². The number of carbonyl (C=O) groups excluding carboxylic acids is 1. The maximum absolute atomic E-state index is 12.8. The maximum atomic E-state index is 12.8. The summed E-state index contributed by atoms with van der Waals surface area (Å²) in [5.74, 6) is 0. The summed E-state index contributed by atoms with van der Waals surface area (Å²) in [5.41, 5.74) is 9.59. The molecule has 1 saturated heterocycles. The molecule has 1 fully saturated rings. The summed E-state index contributed by atoms with van der Waals surface area (Å²) < 4.78 is 5.52. The summed E-state index contributed by atoms with van der Waals surface area (Å²) >= 11 is 0. The fourth-order valence-electron chi connectivity index (χ4n) is 4.36. The number of piperidine rings is 1. The van der Waals surface area contributed by atoms with Gasteiger partial charge in [-0.15, -0.1) is 0 Å². The Morgan fingerprint density at radius 2 is 1.97 bits per heavy atom. The van der Waals surface area contributed by atoms with E-state index in [1.54, 1.807) is 4.90 Å². The molecule has 1 heterocycles. The van der Waals surface area contributed by atoms with Gasteiger partial charge in [-0.05, 0) is 48.8 Å². The van der Waals surface area contributed by atoms with Gasteiger partial charge < -0.3 is 20.5 Å². The Kier molecular flexibility index (Phi) is 7.88. The van der Waals surface area contributed by atoms with Crippen molar-refractivity contribution in [2.45, 2.75) is 57.0 Å². The predicted octanol–water partition coefficient (Wildman–Crippen LogP) is 4.38. The number of hydrogen-bond acceptors (Lipinski definition) is 4. The molecule has 3 N–H and O–H groups in total. The van der Waals surface area contributed by atoms with Crippen LogP contribution >= 0.6 is 0 Å². The van der Waals surface area contributed by atoms with Crippen LogP contribution in [-0.4, -0.2) is 47.4 Å². The molecule has 0 saturated carbocycles. The molecule has 5 heteroatoms. The van der Waals surface area contributed by atoms with E-state index in [0.717, 1.165) is 42.4 Å². The van der Waals surface area contributed by atoms with E-state index in [-0.39, 0.29) is 18.7 Å². The fourth-order valence-corrected chi connectivity index (χ4v) is 4.36. The molecule has 162 valence electrons. The van der Waals surface area contributed by atoms with E-state index in [9.17, 15) is 9.90 Å². The van der Waals surface area contributed by atoms with Gasteiger partial charge in [-0.2, -0.15) is 0 Å². The number of carbonyl (C=O) groups is 1. The zero-order valence-electron chi connectivity index (χ0n) is 17.9. The van der Waals surface area contributed by atoms with Crippen LogP contribution in [0.5, 0.6) is 0 Å². The SMILES string of the molecule is CCCCOC(=O)N1CCCC(N)(CCO)C1Cc1cccc(-c2ccccc2)c1. The predicted molar refractivity (Wildman–Crippen MR) is 120 cm³/mol. The van der Waals surface area contributed by atoms with E-state index in [2.05, 4.69) is 43.3 Å². The van der Waals surface area contributed by atoms with Gasteiger partial charge in [0.1, 0.15) is 0 Å². The van der Waals surface area contributed by atoms with Gasteiger partial charge in [-0.1, -0.05) is 67.9 Å². The van der Waals surface area contributed by atoms with Crippen LogP contribution in [0.4, 0.5) is 4.79 Å². The molecule has 3 rings (SSSR count). The first kappa shape index (κ1) is 22.3. The van der Waals surface area contributed by atoms with E-state index in [1.807, 2.05) is 18.2 Å². The fraction of sp³-hybridized carbons (Fsp3) is 0.480. The molecule has 0 aliphatic carbocycles. The quantitative estimate of drug-likeness (QED) is 0.634. The first-order valence-electron chi connectivity index (χ1n) is 11.0. The number of rotatable bonds is 8. The minimum absolute atomic E-state index is 0.00970. The third-order valence-corrected chi connectivity index (χ3v) is 6.08. The summed E-state index contributed by atoms with van der Waals surface area (Å²) in [6.07, 6.45) is 4.26. The van der Waals surface area contributed by atoms with Crippen LogP contribution in [0, 0.1) is 0 Å². The Morgan fingerprint density at radius 1 is 1.20 bits per heavy atom. The average molecular weight is 411 g/mol. The normalized spacial score (nSPS) is 21.4. The molecule has 5 nitrogen and oxygen atoms in total. The van der Waals surface area contributed by atoms with Gasteiger partial charge in [0.25, 0.3) is 0 Å². The Hall–Kier alpha value is -2.37. The lowest BCUT2D eigenvalue weighted by Gasteiger charge is -2.47. The second kappa shape index (κ2) is 10.6. The zero-order chi connectivity index (χ0) is 21.4. The molecule has 2 unspecified atom stereocenters. The van der Waals surface area contributed by atoms with Crippen molar-refractivity contribution in [3.8, 4) is 11.1 Å². The summed E-state index contributed by atoms with van der Waals surface area (Å²) in [6.45, 7) is 3.15. The monoisotopic (exact) mass is 410 g/mol. The second-order valence-electron chi connectivity index (χ2n) is 8.26. The highest BCUT2D eigenvalue weighted by molar-refractivity contribution is 5.69. The Bertz CT molecular complexity index is 807. The summed E-state index contributed by atoms with van der Waals surface area (Å²) in [7, 11) is 0. The molecule has 2 aromatic carbocycles. The van der Waals surface area contributed by atoms with Crippen LogP contribution < -0.4 is 5.73 Å². The number of amides is 1. The van der Waals surface area contributed by atoms with Gasteiger partial charge in [-0.25, -0.2) is 4.79 Å². The molecule has 0 aromatic heterocycles. The summed E-state index contributed by atoms with van der Waals surface area (Å²) in [5, 5.41) is 9.64. The molecule has 2 atom stereocenters. The number of benzene rings is 2. The van der Waals surface area contributed by atoms with Crippen LogP contribution in [0.1, 0.15) is 44.6 Å². The van der Waals surface area contributed by atoms with Crippen molar-refractivity contribution >= 4 is 6.09 Å². The second-order valence-corrected chi connectivity index (χ2v) is 8.26. The third kappa shape index (κ3) is 5.41. The van der Waals surface area contributed by atoms with Gasteiger partial charge in [0.15, 0.2) is 0 Å². The highest BCUT2D eigenvalue weighted by Gasteiger charge is 2.43. The highest BCUT2D eigenvalue weighted by atomic mass is 16.6. The molecule has 0 spiro atoms. The summed E-state index contributed by atoms with van der Waals surface area (Å²) in [4.78, 5) is 14.6. The number of hydrogen-bond donors (Lipinski definition) is 2. The van der Waals surface area contributed by atoms with Crippen LogP contribution in [0.15, 0.2) is 54.6 Å². The van der Waals surface area contributed by atoms with E-state index >= 15 is 0 Å². The minimum atomic E-state index is -0.625. The average Bonchev–Trinajstić information content (AvgIpc) is 2.76. The van der Waals surface area contributed by atoms with E-state index in [1.165, 1.54) is 0 Å². The molecule has 2 aromatic rings. The van der Waals surface area contributed by atoms with Crippen molar-refractivity contribution in [3.63, 3.8) is 0 Å². The molecule has 1 aliphatic heterocycles. The zero-order valence-corrected chi connectivity index (χ0v) is 17.9. The minimum Gasteiger partial charge on any atom is -0.449 e. The molecular weight excluding hydrogens is 376 g/mol. The Labute approximate surface area is 179 Å². The molecule has 30 heavy (non-hydrogen) atoms. The van der Waals surface area contributed by atoms with Crippen LogP contribution in [0.3, 0.4) is 0 Å². The highest BCUT2D eigenvalue weighted by Crippen LogP contribution is 2.32. The number of likely N-dealkylation sites (tertiary alicyclic amines) is 1. The lowest BCUT2D eigenvalue weighted by Crippen LogP contribution is -2.64. The number of ether oxygens (including phenoxy) is 1. The van der Waals surface area contributed by atoms with Crippen molar-refractivity contribution in [2.24, 2.45) is 5.73 Å². The molecule has 1 aliphatic rings. The third-order valence-electron chi connectivity index (χ3n) is 6.08. The summed E-state index contributed by atoms with van der Waals surface area (Å²) in [6, 6.07) is 18.5. The van der Waals surface area contributed by atoms with Gasteiger partial charge >= 0.3 is 6.09 Å². The largest absolute Gasteiger partial charge is 0.449 e. The number of nitrogens with two attached hydrogens (primary N) is 1. The van der Waals surface area contributed by atoms with E-state index < -0.39 is 5.54 Å². The van der Waals surface area contributed by atoms with Gasteiger partial charge in [0, 0.05) is 18.7 Å². The van der Waals surface area contributed by atoms with Crippen molar-refractivity contribution in [1.82, 2.24) is 4.90 Å². The lowest BCUT2D eigenvalue weighted by atomic mass is 9.77. The molecule has 0 bridgehead atoms. The molecule has 1 amide bonds. The number of aliphatic hydroxyl groups excluding tert-OH is 1. The maximum Gasteiger partial charge on any atom is 0.410 e. The van der Waals surface area contributed by atoms with Gasteiger partial charge in [0.05, 0.1) is 12.6 Å². The first-order valence-corrected chi connectivity index (χ1v) is 11.0. The van der Waals surface area contributed by atoms with Crippen LogP contribution in [0.2, 0.25) is 0 Å². The Morgan fingerprint density at radius 3 is 2.70 bits per heavy atom. The standard InChI is InChI=1S/C25H34N2O3/c1-2-3-17-30-24(29)27-15-8-13-25(26,14-16-28)23(27)19-20-9-7-12-22(18-20)21-10-5-4-6-11-21/h4-7,9-12,18,23,28H,2-3,8,13-17,19,26H2,1H3.